The Morgan fingerprint density at radius 3 is 2.65 bits per heavy atom. The van der Waals surface area contributed by atoms with Gasteiger partial charge in [0.25, 0.3) is 0 Å². The van der Waals surface area contributed by atoms with Crippen molar-refractivity contribution < 1.29 is 4.74 Å². The molecule has 1 atom stereocenters. The van der Waals surface area contributed by atoms with E-state index in [-0.39, 0.29) is 0 Å². The number of hydrogen-bond acceptors (Lipinski definition) is 4. The fourth-order valence-corrected chi connectivity index (χ4v) is 2.18. The van der Waals surface area contributed by atoms with Gasteiger partial charge in [-0.1, -0.05) is 27.7 Å². The van der Waals surface area contributed by atoms with Crippen molar-refractivity contribution in [2.24, 2.45) is 5.92 Å². The summed E-state index contributed by atoms with van der Waals surface area (Å²) < 4.78 is 5.57. The summed E-state index contributed by atoms with van der Waals surface area (Å²) in [6.45, 7) is 10.6. The SMILES string of the molecule is CCCNC(Cc1cc(OCCC)ncn1)CC(C)C. The van der Waals surface area contributed by atoms with Gasteiger partial charge in [0.05, 0.1) is 6.61 Å². The van der Waals surface area contributed by atoms with Crippen LogP contribution in [0.15, 0.2) is 12.4 Å². The number of nitrogens with zero attached hydrogens (tertiary/aromatic N) is 2. The number of ether oxygens (including phenoxy) is 1. The molecule has 0 aliphatic heterocycles. The fraction of sp³-hybridized carbons (Fsp3) is 0.750. The van der Waals surface area contributed by atoms with Gasteiger partial charge in [0.2, 0.25) is 5.88 Å². The molecule has 4 nitrogen and oxygen atoms in total. The van der Waals surface area contributed by atoms with Crippen LogP contribution in [0.25, 0.3) is 0 Å². The molecule has 20 heavy (non-hydrogen) atoms. The number of rotatable bonds is 10. The highest BCUT2D eigenvalue weighted by atomic mass is 16.5. The van der Waals surface area contributed by atoms with Crippen LogP contribution < -0.4 is 10.1 Å². The molecule has 1 aromatic rings. The summed E-state index contributed by atoms with van der Waals surface area (Å²) in [6, 6.07) is 2.44. The molecule has 0 radical (unpaired) electrons. The van der Waals surface area contributed by atoms with Gasteiger partial charge in [0.15, 0.2) is 0 Å². The van der Waals surface area contributed by atoms with E-state index in [1.165, 1.54) is 0 Å². The van der Waals surface area contributed by atoms with Gasteiger partial charge in [0.1, 0.15) is 6.33 Å². The fourth-order valence-electron chi connectivity index (χ4n) is 2.18. The van der Waals surface area contributed by atoms with E-state index in [1.54, 1.807) is 6.33 Å². The molecule has 4 heteroatoms. The molecular formula is C16H29N3O. The van der Waals surface area contributed by atoms with E-state index < -0.39 is 0 Å². The monoisotopic (exact) mass is 279 g/mol. The first kappa shape index (κ1) is 16.9. The lowest BCUT2D eigenvalue weighted by atomic mass is 9.99. The zero-order chi connectivity index (χ0) is 14.8. The van der Waals surface area contributed by atoms with Gasteiger partial charge in [-0.05, 0) is 31.7 Å². The molecule has 0 aromatic carbocycles. The lowest BCUT2D eigenvalue weighted by Crippen LogP contribution is -2.33. The largest absolute Gasteiger partial charge is 0.478 e. The van der Waals surface area contributed by atoms with E-state index in [0.29, 0.717) is 24.4 Å². The van der Waals surface area contributed by atoms with Crippen molar-refractivity contribution in [3.63, 3.8) is 0 Å². The topological polar surface area (TPSA) is 47.0 Å². The molecule has 1 heterocycles. The molecule has 114 valence electrons. The highest BCUT2D eigenvalue weighted by Gasteiger charge is 2.12. The molecule has 1 rings (SSSR count). The van der Waals surface area contributed by atoms with Gasteiger partial charge in [-0.2, -0.15) is 0 Å². The molecule has 0 bridgehead atoms. The van der Waals surface area contributed by atoms with Gasteiger partial charge >= 0.3 is 0 Å². The molecule has 0 spiro atoms. The third kappa shape index (κ3) is 6.85. The first-order valence-corrected chi connectivity index (χ1v) is 7.82. The molecule has 0 aliphatic carbocycles. The summed E-state index contributed by atoms with van der Waals surface area (Å²) in [5.74, 6) is 1.37. The molecule has 1 N–H and O–H groups in total. The van der Waals surface area contributed by atoms with E-state index in [0.717, 1.165) is 37.9 Å². The maximum atomic E-state index is 5.57. The Kier molecular flexibility index (Phi) is 8.19. The van der Waals surface area contributed by atoms with E-state index in [2.05, 4.69) is 43.0 Å². The molecule has 1 unspecified atom stereocenters. The Bertz CT molecular complexity index is 368. The normalized spacial score (nSPS) is 12.7. The van der Waals surface area contributed by atoms with Crippen LogP contribution >= 0.6 is 0 Å². The Morgan fingerprint density at radius 2 is 2.00 bits per heavy atom. The lowest BCUT2D eigenvalue weighted by molar-refractivity contribution is 0.303. The van der Waals surface area contributed by atoms with E-state index in [9.17, 15) is 0 Å². The first-order chi connectivity index (χ1) is 9.65. The maximum absolute atomic E-state index is 5.57. The minimum atomic E-state index is 0.476. The average molecular weight is 279 g/mol. The van der Waals surface area contributed by atoms with Crippen molar-refractivity contribution in [2.45, 2.75) is 59.4 Å². The highest BCUT2D eigenvalue weighted by Crippen LogP contribution is 2.13. The zero-order valence-electron chi connectivity index (χ0n) is 13.4. The predicted octanol–water partition coefficient (Wildman–Crippen LogP) is 3.22. The van der Waals surface area contributed by atoms with Crippen molar-refractivity contribution in [3.05, 3.63) is 18.1 Å². The standard InChI is InChI=1S/C16H29N3O/c1-5-7-17-14(9-13(3)4)10-15-11-16(19-12-18-15)20-8-6-2/h11-14,17H,5-10H2,1-4H3. The molecule has 0 saturated heterocycles. The van der Waals surface area contributed by atoms with Gasteiger partial charge in [-0.25, -0.2) is 9.97 Å². The van der Waals surface area contributed by atoms with Crippen LogP contribution in [-0.4, -0.2) is 29.2 Å². The summed E-state index contributed by atoms with van der Waals surface area (Å²) in [7, 11) is 0. The second kappa shape index (κ2) is 9.70. The summed E-state index contributed by atoms with van der Waals surface area (Å²) in [5.41, 5.74) is 1.06. The van der Waals surface area contributed by atoms with Crippen molar-refractivity contribution in [1.82, 2.24) is 15.3 Å². The number of aromatic nitrogens is 2. The van der Waals surface area contributed by atoms with Gasteiger partial charge < -0.3 is 10.1 Å². The predicted molar refractivity (Wildman–Crippen MR) is 83.1 cm³/mol. The van der Waals surface area contributed by atoms with Crippen LogP contribution in [0.1, 0.15) is 52.7 Å². The highest BCUT2D eigenvalue weighted by molar-refractivity contribution is 5.14. The molecule has 0 amide bonds. The quantitative estimate of drug-likeness (QED) is 0.714. The summed E-state index contributed by atoms with van der Waals surface area (Å²) >= 11 is 0. The Morgan fingerprint density at radius 1 is 1.20 bits per heavy atom. The third-order valence-electron chi connectivity index (χ3n) is 3.05. The Hall–Kier alpha value is -1.16. The molecule has 0 aliphatic rings. The number of hydrogen-bond donors (Lipinski definition) is 1. The van der Waals surface area contributed by atoms with E-state index >= 15 is 0 Å². The minimum absolute atomic E-state index is 0.476. The summed E-state index contributed by atoms with van der Waals surface area (Å²) in [6.07, 6.45) is 5.85. The Balaban J connectivity index is 2.61. The molecule has 0 fully saturated rings. The van der Waals surface area contributed by atoms with Crippen molar-refractivity contribution in [1.29, 1.82) is 0 Å². The summed E-state index contributed by atoms with van der Waals surface area (Å²) in [5, 5.41) is 3.61. The van der Waals surface area contributed by atoms with Crippen molar-refractivity contribution >= 4 is 0 Å². The van der Waals surface area contributed by atoms with E-state index in [4.69, 9.17) is 4.74 Å². The zero-order valence-corrected chi connectivity index (χ0v) is 13.4. The third-order valence-corrected chi connectivity index (χ3v) is 3.05. The van der Waals surface area contributed by atoms with Crippen LogP contribution in [0.4, 0.5) is 0 Å². The minimum Gasteiger partial charge on any atom is -0.478 e. The van der Waals surface area contributed by atoms with Crippen molar-refractivity contribution in [2.75, 3.05) is 13.2 Å². The van der Waals surface area contributed by atoms with Crippen LogP contribution in [-0.2, 0) is 6.42 Å². The van der Waals surface area contributed by atoms with Crippen LogP contribution in [0.2, 0.25) is 0 Å². The summed E-state index contributed by atoms with van der Waals surface area (Å²) in [4.78, 5) is 8.53. The van der Waals surface area contributed by atoms with Crippen LogP contribution in [0.3, 0.4) is 0 Å². The second-order valence-electron chi connectivity index (χ2n) is 5.68. The van der Waals surface area contributed by atoms with Crippen LogP contribution in [0, 0.1) is 5.92 Å². The van der Waals surface area contributed by atoms with Gasteiger partial charge in [0, 0.05) is 24.2 Å². The van der Waals surface area contributed by atoms with Crippen molar-refractivity contribution in [3.8, 4) is 5.88 Å². The molecule has 0 saturated carbocycles. The Labute approximate surface area is 123 Å². The smallest absolute Gasteiger partial charge is 0.216 e. The van der Waals surface area contributed by atoms with E-state index in [1.807, 2.05) is 6.07 Å². The molecular weight excluding hydrogens is 250 g/mol. The average Bonchev–Trinajstić information content (AvgIpc) is 2.42. The first-order valence-electron chi connectivity index (χ1n) is 7.82. The van der Waals surface area contributed by atoms with Crippen LogP contribution in [0.5, 0.6) is 5.88 Å². The van der Waals surface area contributed by atoms with Gasteiger partial charge in [-0.3, -0.25) is 0 Å². The number of nitrogens with one attached hydrogen (secondary N) is 1. The molecule has 1 aromatic heterocycles. The van der Waals surface area contributed by atoms with Gasteiger partial charge in [-0.15, -0.1) is 0 Å². The lowest BCUT2D eigenvalue weighted by Gasteiger charge is -2.20. The maximum Gasteiger partial charge on any atom is 0.216 e. The second-order valence-corrected chi connectivity index (χ2v) is 5.68.